The number of likely N-dealkylation sites (N-methyl/N-ethyl adjacent to an activating group) is 1. The second kappa shape index (κ2) is 9.91. The second-order valence-electron chi connectivity index (χ2n) is 4.18. The van der Waals surface area contributed by atoms with Gasteiger partial charge in [0.2, 0.25) is 5.91 Å². The molecule has 16 heavy (non-hydrogen) atoms. The van der Waals surface area contributed by atoms with Crippen LogP contribution in [0.2, 0.25) is 0 Å². The number of halogens is 1. The van der Waals surface area contributed by atoms with Gasteiger partial charge in [-0.25, -0.2) is 0 Å². The zero-order valence-electron chi connectivity index (χ0n) is 11.0. The number of hydrogen-bond donors (Lipinski definition) is 1. The highest BCUT2D eigenvalue weighted by Gasteiger charge is 2.23. The number of rotatable bonds is 7. The van der Waals surface area contributed by atoms with Gasteiger partial charge in [0.1, 0.15) is 0 Å². The summed E-state index contributed by atoms with van der Waals surface area (Å²) in [4.78, 5) is 13.9. The minimum absolute atomic E-state index is 0. The standard InChI is InChI=1S/C12H26N2O.ClH/c1-5-8-9-14(7-3)12(15)11(13)10(4)6-2;/h10-11H,5-9,13H2,1-4H3;1H. The predicted octanol–water partition coefficient (Wildman–Crippen LogP) is 2.43. The third kappa shape index (κ3) is 5.71. The van der Waals surface area contributed by atoms with Crippen LogP contribution in [0.1, 0.15) is 47.0 Å². The highest BCUT2D eigenvalue weighted by molar-refractivity contribution is 5.85. The molecule has 0 spiro atoms. The summed E-state index contributed by atoms with van der Waals surface area (Å²) in [5.41, 5.74) is 5.93. The molecule has 98 valence electrons. The molecule has 2 N–H and O–H groups in total. The number of carbonyl (C=O) groups is 1. The molecular weight excluding hydrogens is 224 g/mol. The van der Waals surface area contributed by atoms with Gasteiger partial charge in [0.15, 0.2) is 0 Å². The molecule has 2 atom stereocenters. The molecule has 2 unspecified atom stereocenters. The van der Waals surface area contributed by atoms with Gasteiger partial charge in [0, 0.05) is 13.1 Å². The first-order valence-corrected chi connectivity index (χ1v) is 6.12. The number of nitrogens with two attached hydrogens (primary N) is 1. The molecule has 0 aromatic heterocycles. The van der Waals surface area contributed by atoms with Crippen molar-refractivity contribution in [2.75, 3.05) is 13.1 Å². The van der Waals surface area contributed by atoms with Crippen LogP contribution in [0.25, 0.3) is 0 Å². The van der Waals surface area contributed by atoms with Crippen LogP contribution in [0.3, 0.4) is 0 Å². The largest absolute Gasteiger partial charge is 0.342 e. The Morgan fingerprint density at radius 2 is 1.88 bits per heavy atom. The van der Waals surface area contributed by atoms with E-state index in [1.54, 1.807) is 0 Å². The van der Waals surface area contributed by atoms with E-state index in [2.05, 4.69) is 13.8 Å². The molecule has 0 aliphatic carbocycles. The van der Waals surface area contributed by atoms with Crippen molar-refractivity contribution >= 4 is 18.3 Å². The zero-order valence-corrected chi connectivity index (χ0v) is 11.8. The molecule has 4 heteroatoms. The van der Waals surface area contributed by atoms with Crippen molar-refractivity contribution in [1.29, 1.82) is 0 Å². The van der Waals surface area contributed by atoms with E-state index in [1.807, 2.05) is 18.7 Å². The lowest BCUT2D eigenvalue weighted by Gasteiger charge is -2.26. The number of unbranched alkanes of at least 4 members (excludes halogenated alkanes) is 1. The molecule has 0 bridgehead atoms. The molecule has 3 nitrogen and oxygen atoms in total. The Balaban J connectivity index is 0. The van der Waals surface area contributed by atoms with Crippen LogP contribution in [0.5, 0.6) is 0 Å². The van der Waals surface area contributed by atoms with E-state index < -0.39 is 0 Å². The zero-order chi connectivity index (χ0) is 11.8. The summed E-state index contributed by atoms with van der Waals surface area (Å²) in [5, 5.41) is 0. The topological polar surface area (TPSA) is 46.3 Å². The van der Waals surface area contributed by atoms with Gasteiger partial charge in [0.25, 0.3) is 0 Å². The van der Waals surface area contributed by atoms with Crippen molar-refractivity contribution in [1.82, 2.24) is 4.90 Å². The molecule has 0 radical (unpaired) electrons. The molecule has 0 aromatic rings. The summed E-state index contributed by atoms with van der Waals surface area (Å²) < 4.78 is 0. The van der Waals surface area contributed by atoms with Gasteiger partial charge in [-0.2, -0.15) is 0 Å². The fraction of sp³-hybridized carbons (Fsp3) is 0.917. The van der Waals surface area contributed by atoms with Gasteiger partial charge in [-0.1, -0.05) is 33.6 Å². The average Bonchev–Trinajstić information content (AvgIpc) is 2.27. The maximum absolute atomic E-state index is 12.0. The Morgan fingerprint density at radius 1 is 1.31 bits per heavy atom. The minimum Gasteiger partial charge on any atom is -0.342 e. The summed E-state index contributed by atoms with van der Waals surface area (Å²) in [6.07, 6.45) is 3.13. The van der Waals surface area contributed by atoms with E-state index in [1.165, 1.54) is 0 Å². The maximum Gasteiger partial charge on any atom is 0.239 e. The molecule has 1 amide bonds. The normalized spacial score (nSPS) is 13.8. The Bertz CT molecular complexity index is 188. The average molecular weight is 251 g/mol. The molecule has 0 aliphatic heterocycles. The van der Waals surface area contributed by atoms with Gasteiger partial charge >= 0.3 is 0 Å². The first kappa shape index (κ1) is 18.1. The van der Waals surface area contributed by atoms with Gasteiger partial charge in [-0.3, -0.25) is 4.79 Å². The molecule has 0 rings (SSSR count). The van der Waals surface area contributed by atoms with Crippen molar-refractivity contribution in [2.45, 2.75) is 53.0 Å². The van der Waals surface area contributed by atoms with E-state index in [-0.39, 0.29) is 30.3 Å². The van der Waals surface area contributed by atoms with Crippen molar-refractivity contribution in [3.05, 3.63) is 0 Å². The Kier molecular flexibility index (Phi) is 11.2. The van der Waals surface area contributed by atoms with Crippen molar-refractivity contribution in [3.8, 4) is 0 Å². The van der Waals surface area contributed by atoms with Gasteiger partial charge in [-0.15, -0.1) is 12.4 Å². The van der Waals surface area contributed by atoms with Crippen LogP contribution in [-0.2, 0) is 4.79 Å². The third-order valence-electron chi connectivity index (χ3n) is 3.02. The van der Waals surface area contributed by atoms with Crippen molar-refractivity contribution < 1.29 is 4.79 Å². The molecule has 0 heterocycles. The lowest BCUT2D eigenvalue weighted by molar-refractivity contribution is -0.133. The molecule has 0 saturated heterocycles. The fourth-order valence-electron chi connectivity index (χ4n) is 1.48. The molecule has 0 aliphatic rings. The minimum atomic E-state index is -0.327. The van der Waals surface area contributed by atoms with Crippen LogP contribution in [0.15, 0.2) is 0 Å². The highest BCUT2D eigenvalue weighted by Crippen LogP contribution is 2.09. The van der Waals surface area contributed by atoms with Gasteiger partial charge < -0.3 is 10.6 Å². The number of hydrogen-bond acceptors (Lipinski definition) is 2. The molecule has 0 aromatic carbocycles. The molecular formula is C12H27ClN2O. The summed E-state index contributed by atoms with van der Waals surface area (Å²) in [5.74, 6) is 0.383. The van der Waals surface area contributed by atoms with Crippen LogP contribution < -0.4 is 5.73 Å². The maximum atomic E-state index is 12.0. The summed E-state index contributed by atoms with van der Waals surface area (Å²) in [6, 6.07) is -0.327. The van der Waals surface area contributed by atoms with Gasteiger partial charge in [-0.05, 0) is 19.3 Å². The number of amides is 1. The van der Waals surface area contributed by atoms with E-state index >= 15 is 0 Å². The van der Waals surface area contributed by atoms with Crippen molar-refractivity contribution in [2.24, 2.45) is 11.7 Å². The van der Waals surface area contributed by atoms with Crippen LogP contribution in [-0.4, -0.2) is 29.9 Å². The number of nitrogens with zero attached hydrogens (tertiary/aromatic N) is 1. The third-order valence-corrected chi connectivity index (χ3v) is 3.02. The first-order valence-electron chi connectivity index (χ1n) is 6.12. The second-order valence-corrected chi connectivity index (χ2v) is 4.18. The summed E-state index contributed by atoms with van der Waals surface area (Å²) in [7, 11) is 0. The van der Waals surface area contributed by atoms with E-state index in [4.69, 9.17) is 5.73 Å². The summed E-state index contributed by atoms with van der Waals surface area (Å²) >= 11 is 0. The Labute approximate surface area is 106 Å². The predicted molar refractivity (Wildman–Crippen MR) is 71.8 cm³/mol. The Morgan fingerprint density at radius 3 is 2.25 bits per heavy atom. The first-order chi connectivity index (χ1) is 7.08. The van der Waals surface area contributed by atoms with Crippen LogP contribution in [0.4, 0.5) is 0 Å². The van der Waals surface area contributed by atoms with Crippen molar-refractivity contribution in [3.63, 3.8) is 0 Å². The monoisotopic (exact) mass is 250 g/mol. The lowest BCUT2D eigenvalue weighted by Crippen LogP contribution is -2.47. The SMILES string of the molecule is CCCCN(CC)C(=O)C(N)C(C)CC.Cl. The highest BCUT2D eigenvalue weighted by atomic mass is 35.5. The fourth-order valence-corrected chi connectivity index (χ4v) is 1.48. The molecule has 0 fully saturated rings. The van der Waals surface area contributed by atoms with E-state index in [0.717, 1.165) is 32.4 Å². The lowest BCUT2D eigenvalue weighted by atomic mass is 9.99. The Hall–Kier alpha value is -0.280. The number of carbonyl (C=O) groups excluding carboxylic acids is 1. The van der Waals surface area contributed by atoms with E-state index in [0.29, 0.717) is 0 Å². The van der Waals surface area contributed by atoms with Crippen LogP contribution in [0, 0.1) is 5.92 Å². The van der Waals surface area contributed by atoms with Gasteiger partial charge in [0.05, 0.1) is 6.04 Å². The summed E-state index contributed by atoms with van der Waals surface area (Å²) in [6.45, 7) is 9.86. The smallest absolute Gasteiger partial charge is 0.239 e. The molecule has 0 saturated carbocycles. The van der Waals surface area contributed by atoms with Crippen LogP contribution >= 0.6 is 12.4 Å². The van der Waals surface area contributed by atoms with E-state index in [9.17, 15) is 4.79 Å². The quantitative estimate of drug-likeness (QED) is 0.755.